The van der Waals surface area contributed by atoms with Crippen LogP contribution >= 0.6 is 23.2 Å². The summed E-state index contributed by atoms with van der Waals surface area (Å²) >= 11 is 11.6. The number of hydrogen-bond acceptors (Lipinski definition) is 4. The summed E-state index contributed by atoms with van der Waals surface area (Å²) in [6.07, 6.45) is 2.34. The van der Waals surface area contributed by atoms with Crippen LogP contribution in [0.15, 0.2) is 37.1 Å². The lowest BCUT2D eigenvalue weighted by atomic mass is 10.2. The number of anilines is 3. The molecular formula is C13H9Cl2FN4O. The Hall–Kier alpha value is -2.18. The quantitative estimate of drug-likeness (QED) is 0.662. The molecule has 0 aliphatic carbocycles. The topological polar surface area (TPSA) is 66.9 Å². The Morgan fingerprint density at radius 3 is 2.86 bits per heavy atom. The van der Waals surface area contributed by atoms with Gasteiger partial charge in [0.15, 0.2) is 5.82 Å². The van der Waals surface area contributed by atoms with E-state index in [0.717, 1.165) is 6.08 Å². The highest BCUT2D eigenvalue weighted by molar-refractivity contribution is 6.33. The van der Waals surface area contributed by atoms with E-state index in [0.29, 0.717) is 0 Å². The van der Waals surface area contributed by atoms with Gasteiger partial charge in [-0.25, -0.2) is 9.37 Å². The second kappa shape index (κ2) is 6.51. The first-order chi connectivity index (χ1) is 10.0. The number of rotatable bonds is 4. The van der Waals surface area contributed by atoms with Crippen LogP contribution in [0.4, 0.5) is 21.6 Å². The molecule has 8 heteroatoms. The number of nitrogens with one attached hydrogen (secondary N) is 2. The van der Waals surface area contributed by atoms with Gasteiger partial charge >= 0.3 is 0 Å². The van der Waals surface area contributed by atoms with Crippen molar-refractivity contribution < 1.29 is 9.18 Å². The highest BCUT2D eigenvalue weighted by Crippen LogP contribution is 2.30. The van der Waals surface area contributed by atoms with Crippen molar-refractivity contribution in [3.8, 4) is 0 Å². The van der Waals surface area contributed by atoms with Crippen LogP contribution < -0.4 is 10.6 Å². The van der Waals surface area contributed by atoms with Gasteiger partial charge < -0.3 is 10.6 Å². The lowest BCUT2D eigenvalue weighted by molar-refractivity contribution is -0.111. The van der Waals surface area contributed by atoms with Crippen molar-refractivity contribution in [2.24, 2.45) is 0 Å². The first-order valence-electron chi connectivity index (χ1n) is 5.68. The zero-order chi connectivity index (χ0) is 15.4. The smallest absolute Gasteiger partial charge is 0.247 e. The third-order valence-corrected chi connectivity index (χ3v) is 2.87. The summed E-state index contributed by atoms with van der Waals surface area (Å²) in [5.41, 5.74) is 0.218. The monoisotopic (exact) mass is 326 g/mol. The molecule has 1 amide bonds. The molecule has 0 saturated carbocycles. The van der Waals surface area contributed by atoms with Crippen LogP contribution in [-0.4, -0.2) is 15.9 Å². The van der Waals surface area contributed by atoms with Crippen molar-refractivity contribution in [1.82, 2.24) is 9.97 Å². The number of halogens is 3. The molecule has 2 aromatic rings. The molecule has 0 aliphatic rings. The molecule has 108 valence electrons. The first-order valence-corrected chi connectivity index (χ1v) is 6.44. The van der Waals surface area contributed by atoms with E-state index >= 15 is 0 Å². The number of carbonyl (C=O) groups excluding carboxylic acids is 1. The van der Waals surface area contributed by atoms with Gasteiger partial charge in [-0.05, 0) is 29.8 Å². The minimum absolute atomic E-state index is 0.0185. The fourth-order valence-electron chi connectivity index (χ4n) is 1.49. The Balaban J connectivity index is 2.39. The highest BCUT2D eigenvalue weighted by Gasteiger charge is 2.13. The zero-order valence-corrected chi connectivity index (χ0v) is 12.0. The lowest BCUT2D eigenvalue weighted by Gasteiger charge is -2.13. The van der Waals surface area contributed by atoms with E-state index in [1.165, 1.54) is 18.3 Å². The van der Waals surface area contributed by atoms with Gasteiger partial charge in [0.1, 0.15) is 16.5 Å². The average Bonchev–Trinajstić information content (AvgIpc) is 2.46. The minimum atomic E-state index is -0.619. The largest absolute Gasteiger partial charge is 0.337 e. The van der Waals surface area contributed by atoms with Crippen LogP contribution in [0.5, 0.6) is 0 Å². The minimum Gasteiger partial charge on any atom is -0.337 e. The van der Waals surface area contributed by atoms with E-state index in [1.807, 2.05) is 0 Å². The van der Waals surface area contributed by atoms with Crippen LogP contribution in [0.1, 0.15) is 0 Å². The van der Waals surface area contributed by atoms with E-state index in [9.17, 15) is 9.18 Å². The van der Waals surface area contributed by atoms with Gasteiger partial charge in [-0.1, -0.05) is 24.2 Å². The Kier molecular flexibility index (Phi) is 4.72. The third-order valence-electron chi connectivity index (χ3n) is 2.41. The van der Waals surface area contributed by atoms with Crippen LogP contribution in [0.25, 0.3) is 0 Å². The van der Waals surface area contributed by atoms with Crippen molar-refractivity contribution in [2.75, 3.05) is 10.6 Å². The molecule has 21 heavy (non-hydrogen) atoms. The molecule has 0 unspecified atom stereocenters. The van der Waals surface area contributed by atoms with Crippen molar-refractivity contribution in [1.29, 1.82) is 0 Å². The van der Waals surface area contributed by atoms with E-state index in [2.05, 4.69) is 27.2 Å². The van der Waals surface area contributed by atoms with Gasteiger partial charge in [-0.2, -0.15) is 4.98 Å². The maximum atomic E-state index is 13.8. The fourth-order valence-corrected chi connectivity index (χ4v) is 1.76. The lowest BCUT2D eigenvalue weighted by Crippen LogP contribution is -2.11. The molecule has 0 radical (unpaired) electrons. The predicted molar refractivity (Wildman–Crippen MR) is 80.6 cm³/mol. The second-order valence-electron chi connectivity index (χ2n) is 3.82. The maximum Gasteiger partial charge on any atom is 0.247 e. The summed E-state index contributed by atoms with van der Waals surface area (Å²) in [6, 6.07) is 4.23. The molecule has 1 aromatic heterocycles. The van der Waals surface area contributed by atoms with Gasteiger partial charge in [0.05, 0.1) is 11.9 Å². The van der Waals surface area contributed by atoms with Crippen LogP contribution in [0, 0.1) is 5.82 Å². The van der Waals surface area contributed by atoms with Crippen molar-refractivity contribution in [3.63, 3.8) is 0 Å². The molecule has 5 nitrogen and oxygen atoms in total. The molecule has 2 N–H and O–H groups in total. The molecule has 0 saturated heterocycles. The first kappa shape index (κ1) is 15.2. The van der Waals surface area contributed by atoms with E-state index in [4.69, 9.17) is 23.2 Å². The third kappa shape index (κ3) is 3.68. The van der Waals surface area contributed by atoms with Crippen LogP contribution in [0.2, 0.25) is 10.3 Å². The SMILES string of the molecule is C=CC(=O)Nc1c(F)cccc1Nc1nc(Cl)ncc1Cl. The van der Waals surface area contributed by atoms with Crippen LogP contribution in [-0.2, 0) is 4.79 Å². The molecule has 1 heterocycles. The Labute approximate surface area is 129 Å². The van der Waals surface area contributed by atoms with E-state index < -0.39 is 11.7 Å². The Morgan fingerprint density at radius 1 is 1.38 bits per heavy atom. The molecular weight excluding hydrogens is 318 g/mol. The average molecular weight is 327 g/mol. The number of para-hydroxylation sites is 1. The van der Waals surface area contributed by atoms with Crippen molar-refractivity contribution in [3.05, 3.63) is 53.2 Å². The summed E-state index contributed by atoms with van der Waals surface area (Å²) in [4.78, 5) is 19.0. The summed E-state index contributed by atoms with van der Waals surface area (Å²) in [7, 11) is 0. The second-order valence-corrected chi connectivity index (χ2v) is 4.56. The van der Waals surface area contributed by atoms with E-state index in [1.54, 1.807) is 6.07 Å². The maximum absolute atomic E-state index is 13.8. The number of hydrogen-bond donors (Lipinski definition) is 2. The normalized spacial score (nSPS) is 10.0. The molecule has 0 fully saturated rings. The number of benzene rings is 1. The van der Waals surface area contributed by atoms with Crippen molar-refractivity contribution in [2.45, 2.75) is 0 Å². The number of amides is 1. The highest BCUT2D eigenvalue weighted by atomic mass is 35.5. The fraction of sp³-hybridized carbons (Fsp3) is 0. The molecule has 0 bridgehead atoms. The predicted octanol–water partition coefficient (Wildman–Crippen LogP) is 3.79. The van der Waals surface area contributed by atoms with Gasteiger partial charge in [-0.15, -0.1) is 0 Å². The van der Waals surface area contributed by atoms with Gasteiger partial charge in [-0.3, -0.25) is 4.79 Å². The van der Waals surface area contributed by atoms with E-state index in [-0.39, 0.29) is 27.5 Å². The van der Waals surface area contributed by atoms with Crippen molar-refractivity contribution >= 4 is 46.3 Å². The van der Waals surface area contributed by atoms with Gasteiger partial charge in [0.2, 0.25) is 11.2 Å². The summed E-state index contributed by atoms with van der Waals surface area (Å²) < 4.78 is 13.8. The molecule has 0 aliphatic heterocycles. The summed E-state index contributed by atoms with van der Waals surface area (Å²) in [5.74, 6) is -0.974. The van der Waals surface area contributed by atoms with Crippen LogP contribution in [0.3, 0.4) is 0 Å². The summed E-state index contributed by atoms with van der Waals surface area (Å²) in [6.45, 7) is 3.31. The van der Waals surface area contributed by atoms with Gasteiger partial charge in [0.25, 0.3) is 0 Å². The molecule has 1 aromatic carbocycles. The number of aromatic nitrogens is 2. The molecule has 2 rings (SSSR count). The standard InChI is InChI=1S/C13H9Cl2FN4O/c1-2-10(21)19-11-8(16)4-3-5-9(11)18-12-7(14)6-17-13(15)20-12/h2-6H,1H2,(H,19,21)(H,17,18,20). The number of nitrogens with zero attached hydrogens (tertiary/aromatic N) is 2. The molecule has 0 spiro atoms. The zero-order valence-electron chi connectivity index (χ0n) is 10.5. The summed E-state index contributed by atoms with van der Waals surface area (Å²) in [5, 5.41) is 5.34. The molecule has 0 atom stereocenters. The Bertz CT molecular complexity index is 709. The van der Waals surface area contributed by atoms with Gasteiger partial charge in [0, 0.05) is 0 Å². The number of carbonyl (C=O) groups is 1. The Morgan fingerprint density at radius 2 is 2.14 bits per heavy atom.